The molecule has 0 bridgehead atoms. The molecule has 8 nitrogen and oxygen atoms in total. The summed E-state index contributed by atoms with van der Waals surface area (Å²) in [6.45, 7) is 1.92. The highest BCUT2D eigenvalue weighted by Crippen LogP contribution is 2.38. The predicted octanol–water partition coefficient (Wildman–Crippen LogP) is 2.26. The smallest absolute Gasteiger partial charge is 0.273 e. The minimum atomic E-state index is -0.702. The summed E-state index contributed by atoms with van der Waals surface area (Å²) in [7, 11) is 0. The Morgan fingerprint density at radius 2 is 2.12 bits per heavy atom. The van der Waals surface area contributed by atoms with Gasteiger partial charge in [0.15, 0.2) is 5.16 Å². The Kier molecular flexibility index (Phi) is 4.34. The number of aromatic amines is 1. The molecule has 3 rings (SSSR count). The van der Waals surface area contributed by atoms with E-state index in [0.717, 1.165) is 0 Å². The van der Waals surface area contributed by atoms with Crippen molar-refractivity contribution < 1.29 is 9.72 Å². The van der Waals surface area contributed by atoms with Crippen LogP contribution in [0.15, 0.2) is 34.2 Å². The van der Waals surface area contributed by atoms with E-state index >= 15 is 0 Å². The summed E-state index contributed by atoms with van der Waals surface area (Å²) >= 11 is 1.34. The molecule has 1 aromatic heterocycles. The maximum absolute atomic E-state index is 12.5. The molecule has 9 heteroatoms. The first-order valence-corrected chi connectivity index (χ1v) is 8.30. The van der Waals surface area contributed by atoms with E-state index in [0.29, 0.717) is 16.5 Å². The van der Waals surface area contributed by atoms with Crippen molar-refractivity contribution in [3.8, 4) is 0 Å². The molecular weight excluding hydrogens is 332 g/mol. The van der Waals surface area contributed by atoms with Gasteiger partial charge in [-0.1, -0.05) is 36.9 Å². The monoisotopic (exact) mass is 346 g/mol. The van der Waals surface area contributed by atoms with Gasteiger partial charge in [-0.3, -0.25) is 19.7 Å². The van der Waals surface area contributed by atoms with Crippen LogP contribution in [0.2, 0.25) is 0 Å². The number of H-pyrrole nitrogens is 1. The van der Waals surface area contributed by atoms with E-state index in [-0.39, 0.29) is 35.0 Å². The Labute approximate surface area is 140 Å². The fourth-order valence-corrected chi connectivity index (χ4v) is 3.36. The second-order valence-corrected chi connectivity index (χ2v) is 6.44. The zero-order valence-corrected chi connectivity index (χ0v) is 13.6. The number of hydrogen-bond donors (Lipinski definition) is 2. The molecule has 2 N–H and O–H groups in total. The average molecular weight is 346 g/mol. The fourth-order valence-electron chi connectivity index (χ4n) is 2.77. The Balaban J connectivity index is 2.18. The van der Waals surface area contributed by atoms with E-state index in [4.69, 9.17) is 0 Å². The summed E-state index contributed by atoms with van der Waals surface area (Å²) in [5.74, 6) is -0.138. The molecule has 2 aromatic rings. The number of fused-ring (bicyclic) bond motifs is 1. The van der Waals surface area contributed by atoms with Gasteiger partial charge in [-0.15, -0.1) is 0 Å². The van der Waals surface area contributed by atoms with Crippen LogP contribution in [0.25, 0.3) is 0 Å². The summed E-state index contributed by atoms with van der Waals surface area (Å²) in [5, 5.41) is 14.3. The largest absolute Gasteiger partial charge is 0.310 e. The van der Waals surface area contributed by atoms with Crippen LogP contribution in [-0.4, -0.2) is 26.6 Å². The van der Waals surface area contributed by atoms with Gasteiger partial charge in [0.2, 0.25) is 5.91 Å². The van der Waals surface area contributed by atoms with Crippen molar-refractivity contribution in [2.75, 3.05) is 11.1 Å². The topological polar surface area (TPSA) is 118 Å². The number of nitrogens with zero attached hydrogens (tertiary/aromatic N) is 2. The van der Waals surface area contributed by atoms with Gasteiger partial charge < -0.3 is 10.3 Å². The first-order chi connectivity index (χ1) is 11.5. The van der Waals surface area contributed by atoms with Crippen LogP contribution in [0.3, 0.4) is 0 Å². The van der Waals surface area contributed by atoms with Crippen molar-refractivity contribution in [3.63, 3.8) is 0 Å². The first-order valence-electron chi connectivity index (χ1n) is 7.31. The number of benzene rings is 1. The molecule has 0 saturated heterocycles. The molecule has 1 aliphatic rings. The van der Waals surface area contributed by atoms with Crippen LogP contribution < -0.4 is 10.9 Å². The van der Waals surface area contributed by atoms with Crippen molar-refractivity contribution >= 4 is 29.2 Å². The third-order valence-corrected chi connectivity index (χ3v) is 4.47. The lowest BCUT2D eigenvalue weighted by Gasteiger charge is -2.24. The third kappa shape index (κ3) is 2.90. The molecule has 2 heterocycles. The van der Waals surface area contributed by atoms with Crippen LogP contribution in [0.4, 0.5) is 11.5 Å². The van der Waals surface area contributed by atoms with Gasteiger partial charge in [0, 0.05) is 24.0 Å². The molecule has 1 atom stereocenters. The summed E-state index contributed by atoms with van der Waals surface area (Å²) in [6, 6.07) is 6.14. The van der Waals surface area contributed by atoms with Crippen molar-refractivity contribution in [1.82, 2.24) is 9.97 Å². The van der Waals surface area contributed by atoms with Gasteiger partial charge in [-0.25, -0.2) is 4.98 Å². The minimum Gasteiger partial charge on any atom is -0.310 e. The number of rotatable bonds is 4. The Morgan fingerprint density at radius 3 is 2.83 bits per heavy atom. The molecule has 1 aromatic carbocycles. The maximum Gasteiger partial charge on any atom is 0.273 e. The van der Waals surface area contributed by atoms with Crippen LogP contribution >= 0.6 is 11.8 Å². The molecule has 1 amide bonds. The third-order valence-electron chi connectivity index (χ3n) is 3.72. The molecule has 1 unspecified atom stereocenters. The molecule has 0 saturated carbocycles. The number of carbonyl (C=O) groups excluding carboxylic acids is 1. The highest BCUT2D eigenvalue weighted by molar-refractivity contribution is 7.99. The maximum atomic E-state index is 12.5. The van der Waals surface area contributed by atoms with Gasteiger partial charge in [0.05, 0.1) is 10.5 Å². The lowest BCUT2D eigenvalue weighted by atomic mass is 9.86. The molecule has 0 aliphatic carbocycles. The van der Waals surface area contributed by atoms with Gasteiger partial charge in [0.1, 0.15) is 5.82 Å². The van der Waals surface area contributed by atoms with Crippen molar-refractivity contribution in [3.05, 3.63) is 55.9 Å². The van der Waals surface area contributed by atoms with Gasteiger partial charge in [0.25, 0.3) is 11.2 Å². The number of aromatic nitrogens is 2. The van der Waals surface area contributed by atoms with E-state index in [9.17, 15) is 19.7 Å². The van der Waals surface area contributed by atoms with E-state index < -0.39 is 10.8 Å². The van der Waals surface area contributed by atoms with Gasteiger partial charge >= 0.3 is 0 Å². The average Bonchev–Trinajstić information content (AvgIpc) is 2.54. The molecule has 1 aliphatic heterocycles. The first kappa shape index (κ1) is 16.2. The second kappa shape index (κ2) is 6.44. The molecule has 124 valence electrons. The number of nitrogens with one attached hydrogen (secondary N) is 2. The van der Waals surface area contributed by atoms with Crippen LogP contribution in [-0.2, 0) is 4.79 Å². The summed E-state index contributed by atoms with van der Waals surface area (Å²) in [5.41, 5.74) is 0.0832. The number of hydrogen-bond acceptors (Lipinski definition) is 6. The number of amides is 1. The number of nitro groups is 1. The zero-order chi connectivity index (χ0) is 17.3. The molecular formula is C15H14N4O4S. The Hall–Kier alpha value is -2.68. The number of nitro benzene ring substituents is 1. The van der Waals surface area contributed by atoms with E-state index in [1.165, 1.54) is 17.8 Å². The zero-order valence-electron chi connectivity index (χ0n) is 12.7. The molecule has 0 spiro atoms. The number of anilines is 1. The number of thioether (sulfide) groups is 1. The summed E-state index contributed by atoms with van der Waals surface area (Å²) < 4.78 is 0. The summed E-state index contributed by atoms with van der Waals surface area (Å²) in [6.07, 6.45) is -0.0388. The summed E-state index contributed by atoms with van der Waals surface area (Å²) in [4.78, 5) is 42.2. The molecule has 0 fully saturated rings. The Morgan fingerprint density at radius 1 is 1.38 bits per heavy atom. The van der Waals surface area contributed by atoms with Gasteiger partial charge in [-0.2, -0.15) is 0 Å². The van der Waals surface area contributed by atoms with E-state index in [2.05, 4.69) is 15.3 Å². The minimum absolute atomic E-state index is 0.0388. The van der Waals surface area contributed by atoms with Crippen LogP contribution in [0.1, 0.15) is 30.4 Å². The molecule has 0 radical (unpaired) electrons. The van der Waals surface area contributed by atoms with Crippen molar-refractivity contribution in [2.24, 2.45) is 0 Å². The van der Waals surface area contributed by atoms with E-state index in [1.807, 2.05) is 6.92 Å². The standard InChI is InChI=1S/C15H14N4O4S/c1-2-24-15-17-13-12(14(21)18-15)9(7-11(20)16-13)8-5-3-4-6-10(8)19(22)23/h3-6,9H,2,7H2,1H3,(H2,16,17,18,20,21). The lowest BCUT2D eigenvalue weighted by Crippen LogP contribution is -2.31. The van der Waals surface area contributed by atoms with Crippen LogP contribution in [0, 0.1) is 10.1 Å². The quantitative estimate of drug-likeness (QED) is 0.379. The highest BCUT2D eigenvalue weighted by Gasteiger charge is 2.34. The van der Waals surface area contributed by atoms with E-state index in [1.54, 1.807) is 18.2 Å². The predicted molar refractivity (Wildman–Crippen MR) is 89.4 cm³/mol. The van der Waals surface area contributed by atoms with Crippen molar-refractivity contribution in [1.29, 1.82) is 0 Å². The van der Waals surface area contributed by atoms with Crippen molar-refractivity contribution in [2.45, 2.75) is 24.4 Å². The van der Waals surface area contributed by atoms with Gasteiger partial charge in [-0.05, 0) is 5.75 Å². The number of carbonyl (C=O) groups is 1. The normalized spacial score (nSPS) is 16.4. The fraction of sp³-hybridized carbons (Fsp3) is 0.267. The van der Waals surface area contributed by atoms with Crippen LogP contribution in [0.5, 0.6) is 0 Å². The Bertz CT molecular complexity index is 880. The number of para-hydroxylation sites is 1. The molecule has 24 heavy (non-hydrogen) atoms. The second-order valence-electron chi connectivity index (χ2n) is 5.19. The lowest BCUT2D eigenvalue weighted by molar-refractivity contribution is -0.385. The SMILES string of the molecule is CCSc1nc2c(c(=O)[nH]1)C(c1ccccc1[N+](=O)[O-])CC(=O)N2. The highest BCUT2D eigenvalue weighted by atomic mass is 32.2.